The van der Waals surface area contributed by atoms with Crippen LogP contribution in [0.15, 0.2) is 199 Å². The molecule has 0 bridgehead atoms. The van der Waals surface area contributed by atoms with E-state index in [4.69, 9.17) is 0 Å². The van der Waals surface area contributed by atoms with Gasteiger partial charge in [-0.2, -0.15) is 0 Å². The van der Waals surface area contributed by atoms with Crippen molar-refractivity contribution in [1.29, 1.82) is 0 Å². The van der Waals surface area contributed by atoms with Crippen molar-refractivity contribution in [1.82, 2.24) is 0 Å². The zero-order valence-electron chi connectivity index (χ0n) is 37.9. The monoisotopic (exact) mass is 830 g/mol. The summed E-state index contributed by atoms with van der Waals surface area (Å²) in [4.78, 5) is 4.93. The summed E-state index contributed by atoms with van der Waals surface area (Å²) in [5, 5.41) is 0. The molecule has 0 aromatic heterocycles. The Kier molecular flexibility index (Phi) is 10.1. The van der Waals surface area contributed by atoms with Gasteiger partial charge >= 0.3 is 0 Å². The zero-order chi connectivity index (χ0) is 43.4. The van der Waals surface area contributed by atoms with Crippen molar-refractivity contribution >= 4 is 28.2 Å². The summed E-state index contributed by atoms with van der Waals surface area (Å²) in [5.74, 6) is 0. The van der Waals surface area contributed by atoms with Gasteiger partial charge in [-0.3, -0.25) is 0 Å². The maximum atomic E-state index is 2.58. The van der Waals surface area contributed by atoms with Gasteiger partial charge in [-0.05, 0) is 185 Å². The lowest BCUT2D eigenvalue weighted by molar-refractivity contribution is 0.490. The van der Waals surface area contributed by atoms with Crippen LogP contribution in [0, 0.1) is 0 Å². The van der Waals surface area contributed by atoms with Gasteiger partial charge in [0, 0.05) is 45.0 Å². The molecular weight excluding hydrogens is 773 g/mol. The van der Waals surface area contributed by atoms with Gasteiger partial charge in [-0.1, -0.05) is 143 Å². The molecule has 0 saturated carbocycles. The first-order valence-electron chi connectivity index (χ1n) is 23.8. The van der Waals surface area contributed by atoms with Crippen LogP contribution < -0.4 is 9.80 Å². The van der Waals surface area contributed by atoms with E-state index in [0.717, 1.165) is 51.4 Å². The Morgan fingerprint density at radius 1 is 0.438 bits per heavy atom. The van der Waals surface area contributed by atoms with Crippen molar-refractivity contribution in [3.05, 3.63) is 233 Å². The molecule has 0 amide bonds. The summed E-state index contributed by atoms with van der Waals surface area (Å²) < 4.78 is 0. The third kappa shape index (κ3) is 6.61. The fourth-order valence-corrected chi connectivity index (χ4v) is 11.7. The quantitative estimate of drug-likeness (QED) is 0.136. The first kappa shape index (κ1) is 40.2. The van der Waals surface area contributed by atoms with Crippen LogP contribution in [0.1, 0.15) is 112 Å². The Balaban J connectivity index is 0.938. The molecule has 5 aliphatic carbocycles. The van der Waals surface area contributed by atoms with Crippen molar-refractivity contribution in [2.45, 2.75) is 89.9 Å². The highest BCUT2D eigenvalue weighted by Crippen LogP contribution is 2.55. The normalized spacial score (nSPS) is 17.5. The van der Waals surface area contributed by atoms with Crippen molar-refractivity contribution < 1.29 is 0 Å². The molecule has 0 saturated heterocycles. The number of rotatable bonds is 10. The van der Waals surface area contributed by atoms with Crippen LogP contribution in [0.3, 0.4) is 0 Å². The Labute approximate surface area is 381 Å². The summed E-state index contributed by atoms with van der Waals surface area (Å²) in [6.07, 6.45) is 25.3. The highest BCUT2D eigenvalue weighted by molar-refractivity contribution is 5.88. The molecule has 11 rings (SSSR count). The van der Waals surface area contributed by atoms with E-state index in [0.29, 0.717) is 0 Å². The lowest BCUT2D eigenvalue weighted by atomic mass is 9.72. The molecule has 6 aromatic carbocycles. The average Bonchev–Trinajstić information content (AvgIpc) is 3.76. The zero-order valence-corrected chi connectivity index (χ0v) is 37.9. The minimum absolute atomic E-state index is 0.0445. The van der Waals surface area contributed by atoms with E-state index in [-0.39, 0.29) is 10.8 Å². The average molecular weight is 831 g/mol. The van der Waals surface area contributed by atoms with Gasteiger partial charge in [0.1, 0.15) is 0 Å². The van der Waals surface area contributed by atoms with E-state index in [2.05, 4.69) is 220 Å². The molecule has 2 nitrogen and oxygen atoms in total. The van der Waals surface area contributed by atoms with Gasteiger partial charge in [-0.25, -0.2) is 0 Å². The Hall–Kier alpha value is -6.64. The number of nitrogens with zero attached hydrogens (tertiary/aromatic N) is 2. The summed E-state index contributed by atoms with van der Waals surface area (Å²) in [5.41, 5.74) is 24.1. The highest BCUT2D eigenvalue weighted by atomic mass is 15.2. The van der Waals surface area contributed by atoms with Gasteiger partial charge in [0.2, 0.25) is 0 Å². The fraction of sp³-hybridized carbons (Fsp3) is 0.226. The van der Waals surface area contributed by atoms with Gasteiger partial charge in [-0.15, -0.1) is 0 Å². The standard InChI is InChI=1S/C62H58N2/c1-5-62(6-2)59-40-45(43-20-18-28-50(38-43)63(47-22-10-7-11-23-47)48-24-12-8-13-25-48)32-35-55(59)56-36-33-46(41-60(56)62)44-21-19-29-51(39-44)64(49-26-14-9-15-27-49)52-34-37-54-53-30-16-17-31-57(53)61(3,4)58(54)42-52/h7-8,10-14,16-17,22-42H,5-6,9,15,18-21H2,1-4H3. The van der Waals surface area contributed by atoms with Gasteiger partial charge in [0.15, 0.2) is 0 Å². The van der Waals surface area contributed by atoms with E-state index in [9.17, 15) is 0 Å². The molecule has 0 unspecified atom stereocenters. The van der Waals surface area contributed by atoms with Gasteiger partial charge in [0.25, 0.3) is 0 Å². The SMILES string of the molecule is CCC1(CC)c2cc(C3=CC(N(C4=CCCC=C4)c4ccc5c(c4)C(C)(C)c4ccccc4-5)=CCC3)ccc2-c2ccc(C3=CC(N(c4ccccc4)c4ccccc4)=CCC3)cc21. The number of hydrogen-bond donors (Lipinski definition) is 0. The van der Waals surface area contributed by atoms with Crippen LogP contribution in [0.5, 0.6) is 0 Å². The molecule has 0 N–H and O–H groups in total. The second-order valence-corrected chi connectivity index (χ2v) is 18.8. The molecule has 0 aliphatic heterocycles. The highest BCUT2D eigenvalue weighted by Gasteiger charge is 2.41. The maximum Gasteiger partial charge on any atom is 0.0464 e. The van der Waals surface area contributed by atoms with E-state index in [1.54, 1.807) is 0 Å². The van der Waals surface area contributed by atoms with Crippen LogP contribution >= 0.6 is 0 Å². The molecule has 0 atom stereocenters. The lowest BCUT2D eigenvalue weighted by Gasteiger charge is -2.32. The molecule has 0 heterocycles. The summed E-state index contributed by atoms with van der Waals surface area (Å²) in [6, 6.07) is 52.6. The number of anilines is 3. The number of para-hydroxylation sites is 2. The van der Waals surface area contributed by atoms with Crippen molar-refractivity contribution in [2.24, 2.45) is 0 Å². The number of allylic oxidation sites excluding steroid dienone is 9. The maximum absolute atomic E-state index is 2.58. The smallest absolute Gasteiger partial charge is 0.0464 e. The van der Waals surface area contributed by atoms with Crippen LogP contribution in [-0.4, -0.2) is 0 Å². The molecular formula is C62H58N2. The topological polar surface area (TPSA) is 6.48 Å². The summed E-state index contributed by atoms with van der Waals surface area (Å²) in [7, 11) is 0. The molecule has 0 fully saturated rings. The molecule has 5 aliphatic rings. The molecule has 6 aromatic rings. The summed E-state index contributed by atoms with van der Waals surface area (Å²) >= 11 is 0. The minimum Gasteiger partial charge on any atom is -0.311 e. The largest absolute Gasteiger partial charge is 0.311 e. The Morgan fingerprint density at radius 2 is 0.953 bits per heavy atom. The Bertz CT molecular complexity index is 2940. The molecule has 2 heteroatoms. The molecule has 0 radical (unpaired) electrons. The van der Waals surface area contributed by atoms with Gasteiger partial charge in [0.05, 0.1) is 0 Å². The fourth-order valence-electron chi connectivity index (χ4n) is 11.7. The number of hydrogen-bond acceptors (Lipinski definition) is 2. The van der Waals surface area contributed by atoms with Crippen molar-refractivity contribution in [2.75, 3.05) is 9.80 Å². The van der Waals surface area contributed by atoms with Crippen molar-refractivity contribution in [3.8, 4) is 22.3 Å². The first-order valence-corrected chi connectivity index (χ1v) is 23.8. The van der Waals surface area contributed by atoms with Crippen LogP contribution in [0.4, 0.5) is 17.1 Å². The predicted molar refractivity (Wildman–Crippen MR) is 272 cm³/mol. The number of benzene rings is 6. The minimum atomic E-state index is -0.0561. The van der Waals surface area contributed by atoms with E-state index in [1.165, 1.54) is 101 Å². The molecule has 0 spiro atoms. The predicted octanol–water partition coefficient (Wildman–Crippen LogP) is 16.8. The van der Waals surface area contributed by atoms with Gasteiger partial charge < -0.3 is 9.80 Å². The van der Waals surface area contributed by atoms with Crippen molar-refractivity contribution in [3.63, 3.8) is 0 Å². The van der Waals surface area contributed by atoms with Crippen LogP contribution in [0.25, 0.3) is 33.4 Å². The third-order valence-electron chi connectivity index (χ3n) is 15.1. The van der Waals surface area contributed by atoms with E-state index in [1.807, 2.05) is 0 Å². The molecule has 64 heavy (non-hydrogen) atoms. The second-order valence-electron chi connectivity index (χ2n) is 18.8. The summed E-state index contributed by atoms with van der Waals surface area (Å²) in [6.45, 7) is 9.58. The molecule has 316 valence electrons. The first-order chi connectivity index (χ1) is 31.4. The Morgan fingerprint density at radius 3 is 1.53 bits per heavy atom. The van der Waals surface area contributed by atoms with Crippen LogP contribution in [-0.2, 0) is 10.8 Å². The van der Waals surface area contributed by atoms with E-state index >= 15 is 0 Å². The van der Waals surface area contributed by atoms with E-state index < -0.39 is 0 Å². The second kappa shape index (κ2) is 16.2. The number of fused-ring (bicyclic) bond motifs is 6. The van der Waals surface area contributed by atoms with Crippen LogP contribution in [0.2, 0.25) is 0 Å². The lowest BCUT2D eigenvalue weighted by Crippen LogP contribution is -2.24. The third-order valence-corrected chi connectivity index (χ3v) is 15.1.